The zero-order chi connectivity index (χ0) is 31.0. The number of fused-ring (bicyclic) bond motifs is 1. The number of nitrogens with one attached hydrogen (secondary N) is 4. The van der Waals surface area contributed by atoms with Gasteiger partial charge in [0.1, 0.15) is 30.2 Å². The summed E-state index contributed by atoms with van der Waals surface area (Å²) in [6.07, 6.45) is 0.0250. The smallest absolute Gasteiger partial charge is 0.305 e. The van der Waals surface area contributed by atoms with Crippen LogP contribution in [0.1, 0.15) is 52.0 Å². The Labute approximate surface area is 244 Å². The van der Waals surface area contributed by atoms with Crippen molar-refractivity contribution in [2.24, 2.45) is 5.92 Å². The molecule has 5 amide bonds. The van der Waals surface area contributed by atoms with Crippen molar-refractivity contribution in [2.45, 2.75) is 82.6 Å². The molecule has 2 heterocycles. The summed E-state index contributed by atoms with van der Waals surface area (Å²) in [7, 11) is 1.16. The van der Waals surface area contributed by atoms with Crippen LogP contribution in [0.3, 0.4) is 0 Å². The summed E-state index contributed by atoms with van der Waals surface area (Å²) in [5.41, 5.74) is -1.47. The molecule has 0 aliphatic carbocycles. The zero-order valence-corrected chi connectivity index (χ0v) is 24.3. The number of nitriles is 1. The van der Waals surface area contributed by atoms with Gasteiger partial charge in [0.05, 0.1) is 7.11 Å². The second kappa shape index (κ2) is 13.9. The fraction of sp³-hybridized carbons (Fsp3) is 0.552. The Hall–Kier alpha value is -4.47. The van der Waals surface area contributed by atoms with E-state index in [1.54, 1.807) is 38.1 Å². The number of rotatable bonds is 6. The van der Waals surface area contributed by atoms with E-state index in [2.05, 4.69) is 26.0 Å². The number of benzene rings is 1. The van der Waals surface area contributed by atoms with Gasteiger partial charge in [-0.15, -0.1) is 0 Å². The van der Waals surface area contributed by atoms with Crippen molar-refractivity contribution in [1.82, 2.24) is 26.2 Å². The molecule has 2 fully saturated rings. The maximum atomic E-state index is 14.0. The molecule has 3 rings (SSSR count). The largest absolute Gasteiger partial charge is 0.469 e. The highest BCUT2D eigenvalue weighted by Crippen LogP contribution is 2.26. The Morgan fingerprint density at radius 3 is 2.36 bits per heavy atom. The van der Waals surface area contributed by atoms with E-state index in [4.69, 9.17) is 0 Å². The molecule has 2 aliphatic heterocycles. The highest BCUT2D eigenvalue weighted by molar-refractivity contribution is 6.01. The highest BCUT2D eigenvalue weighted by Gasteiger charge is 2.49. The molecule has 0 bridgehead atoms. The SMILES string of the molecule is COC(=O)CC[C@@]1(C#N)NC(=O)[C@H](C(C)C)NC(=O)[C@@H](C)NC(=O)[C@H](Cc2ccccc2)NC(=O)[C@@H]2CCCN2C1=O. The van der Waals surface area contributed by atoms with Crippen molar-refractivity contribution in [3.63, 3.8) is 0 Å². The molecule has 1 aromatic rings. The fourth-order valence-electron chi connectivity index (χ4n) is 5.08. The van der Waals surface area contributed by atoms with Crippen LogP contribution >= 0.6 is 0 Å². The summed E-state index contributed by atoms with van der Waals surface area (Å²) in [6, 6.07) is 6.48. The summed E-state index contributed by atoms with van der Waals surface area (Å²) in [4.78, 5) is 80.8. The lowest BCUT2D eigenvalue weighted by molar-refractivity contribution is -0.146. The second-order valence-electron chi connectivity index (χ2n) is 11.0. The van der Waals surface area contributed by atoms with Crippen molar-refractivity contribution in [3.8, 4) is 6.07 Å². The Balaban J connectivity index is 2.07. The molecule has 2 aliphatic rings. The molecule has 5 atom stereocenters. The third-order valence-corrected chi connectivity index (χ3v) is 7.56. The quantitative estimate of drug-likeness (QED) is 0.329. The average molecular weight is 583 g/mol. The molecule has 0 unspecified atom stereocenters. The first-order chi connectivity index (χ1) is 19.9. The van der Waals surface area contributed by atoms with Gasteiger partial charge in [0.2, 0.25) is 29.2 Å². The van der Waals surface area contributed by atoms with E-state index in [9.17, 15) is 34.0 Å². The van der Waals surface area contributed by atoms with Crippen LogP contribution < -0.4 is 21.3 Å². The Morgan fingerprint density at radius 2 is 1.74 bits per heavy atom. The summed E-state index contributed by atoms with van der Waals surface area (Å²) >= 11 is 0. The molecule has 0 spiro atoms. The highest BCUT2D eigenvalue weighted by atomic mass is 16.5. The van der Waals surface area contributed by atoms with Crippen molar-refractivity contribution in [1.29, 1.82) is 5.26 Å². The normalized spacial score (nSPS) is 27.4. The van der Waals surface area contributed by atoms with Crippen molar-refractivity contribution in [3.05, 3.63) is 35.9 Å². The standard InChI is InChI=1S/C29H38N6O7/c1-17(2)23-27(40)34-29(16-30,13-12-22(36)42-4)28(41)35-14-8-11-21(35)26(39)32-20(15-19-9-6-5-7-10-19)25(38)31-18(3)24(37)33-23/h5-7,9-10,17-18,20-21,23H,8,11-15H2,1-4H3,(H,31,38)(H,32,39)(H,33,37)(H,34,40)/t18-,20+,21+,23+,29+/m1/s1. The van der Waals surface area contributed by atoms with Gasteiger partial charge in [-0.05, 0) is 31.2 Å². The number of hydrogen-bond donors (Lipinski definition) is 4. The van der Waals surface area contributed by atoms with Crippen LogP contribution in [0.4, 0.5) is 0 Å². The van der Waals surface area contributed by atoms with E-state index in [1.807, 2.05) is 12.1 Å². The predicted octanol–water partition coefficient (Wildman–Crippen LogP) is -0.304. The summed E-state index contributed by atoms with van der Waals surface area (Å²) < 4.78 is 4.69. The third-order valence-electron chi connectivity index (χ3n) is 7.56. The lowest BCUT2D eigenvalue weighted by Crippen LogP contribution is -2.64. The van der Waals surface area contributed by atoms with Crippen LogP contribution in [-0.4, -0.2) is 83.8 Å². The Kier molecular flexibility index (Phi) is 10.6. The maximum absolute atomic E-state index is 14.0. The van der Waals surface area contributed by atoms with Crippen molar-refractivity contribution < 1.29 is 33.5 Å². The molecule has 226 valence electrons. The zero-order valence-electron chi connectivity index (χ0n) is 24.3. The van der Waals surface area contributed by atoms with E-state index in [1.165, 1.54) is 11.8 Å². The molecule has 13 heteroatoms. The lowest BCUT2D eigenvalue weighted by Gasteiger charge is -2.35. The first kappa shape index (κ1) is 32.0. The second-order valence-corrected chi connectivity index (χ2v) is 11.0. The van der Waals surface area contributed by atoms with Crippen molar-refractivity contribution >= 4 is 35.5 Å². The van der Waals surface area contributed by atoms with E-state index >= 15 is 0 Å². The number of hydrogen-bond acceptors (Lipinski definition) is 8. The van der Waals surface area contributed by atoms with Crippen LogP contribution in [0.15, 0.2) is 30.3 Å². The van der Waals surface area contributed by atoms with Crippen LogP contribution in [-0.2, 0) is 39.9 Å². The van der Waals surface area contributed by atoms with Crippen LogP contribution in [0.2, 0.25) is 0 Å². The predicted molar refractivity (Wildman–Crippen MR) is 149 cm³/mol. The van der Waals surface area contributed by atoms with Gasteiger partial charge in [0.15, 0.2) is 0 Å². The van der Waals surface area contributed by atoms with Crippen molar-refractivity contribution in [2.75, 3.05) is 13.7 Å². The van der Waals surface area contributed by atoms with Gasteiger partial charge >= 0.3 is 5.97 Å². The van der Waals surface area contributed by atoms with Gasteiger partial charge in [-0.2, -0.15) is 5.26 Å². The van der Waals surface area contributed by atoms with E-state index in [0.29, 0.717) is 6.42 Å². The number of nitrogens with zero attached hydrogens (tertiary/aromatic N) is 2. The number of carbonyl (C=O) groups is 6. The first-order valence-corrected chi connectivity index (χ1v) is 14.0. The Morgan fingerprint density at radius 1 is 1.05 bits per heavy atom. The number of carbonyl (C=O) groups excluding carboxylic acids is 6. The van der Waals surface area contributed by atoms with Crippen LogP contribution in [0.25, 0.3) is 0 Å². The topological polar surface area (TPSA) is 187 Å². The van der Waals surface area contributed by atoms with Crippen LogP contribution in [0.5, 0.6) is 0 Å². The van der Waals surface area contributed by atoms with Gasteiger partial charge < -0.3 is 30.9 Å². The number of esters is 1. The molecule has 4 N–H and O–H groups in total. The molecular formula is C29H38N6O7. The minimum atomic E-state index is -2.23. The number of ether oxygens (including phenoxy) is 1. The summed E-state index contributed by atoms with van der Waals surface area (Å²) in [5.74, 6) is -4.77. The first-order valence-electron chi connectivity index (χ1n) is 14.0. The molecule has 1 aromatic carbocycles. The third kappa shape index (κ3) is 7.43. The molecule has 13 nitrogen and oxygen atoms in total. The van der Waals surface area contributed by atoms with Gasteiger partial charge in [-0.1, -0.05) is 44.2 Å². The van der Waals surface area contributed by atoms with E-state index in [0.717, 1.165) is 12.7 Å². The lowest BCUT2D eigenvalue weighted by atomic mass is 9.91. The monoisotopic (exact) mass is 582 g/mol. The Bertz CT molecular complexity index is 1250. The molecule has 0 aromatic heterocycles. The summed E-state index contributed by atoms with van der Waals surface area (Å²) in [5, 5.41) is 20.7. The summed E-state index contributed by atoms with van der Waals surface area (Å²) in [6.45, 7) is 4.90. The number of methoxy groups -OCH3 is 1. The minimum Gasteiger partial charge on any atom is -0.469 e. The molecule has 0 saturated carbocycles. The van der Waals surface area contributed by atoms with Crippen LogP contribution in [0, 0.1) is 17.2 Å². The van der Waals surface area contributed by atoms with Gasteiger partial charge in [0.25, 0.3) is 5.91 Å². The maximum Gasteiger partial charge on any atom is 0.305 e. The minimum absolute atomic E-state index is 0.114. The van der Waals surface area contributed by atoms with Gasteiger partial charge in [-0.3, -0.25) is 28.8 Å². The molecule has 42 heavy (non-hydrogen) atoms. The van der Waals surface area contributed by atoms with Gasteiger partial charge in [-0.25, -0.2) is 0 Å². The fourth-order valence-corrected chi connectivity index (χ4v) is 5.08. The van der Waals surface area contributed by atoms with Gasteiger partial charge in [0, 0.05) is 25.8 Å². The molecule has 2 saturated heterocycles. The average Bonchev–Trinajstić information content (AvgIpc) is 3.47. The molecular weight excluding hydrogens is 544 g/mol. The van der Waals surface area contributed by atoms with E-state index < -0.39 is 77.6 Å². The molecule has 0 radical (unpaired) electrons. The number of amides is 5. The van der Waals surface area contributed by atoms with E-state index in [-0.39, 0.29) is 25.8 Å².